The van der Waals surface area contributed by atoms with Crippen molar-refractivity contribution in [1.82, 2.24) is 9.71 Å². The van der Waals surface area contributed by atoms with Crippen molar-refractivity contribution in [2.75, 3.05) is 7.11 Å². The number of rotatable bonds is 5. The molecule has 0 saturated carbocycles. The number of alkyl halides is 3. The topological polar surface area (TPSA) is 68.3 Å². The molecule has 2 aromatic carbocycles. The first-order valence-electron chi connectivity index (χ1n) is 7.79. The van der Waals surface area contributed by atoms with Gasteiger partial charge in [0, 0.05) is 18.1 Å². The van der Waals surface area contributed by atoms with Gasteiger partial charge in [0.05, 0.1) is 23.1 Å². The van der Waals surface area contributed by atoms with Crippen molar-refractivity contribution in [1.29, 1.82) is 0 Å². The third-order valence-electron chi connectivity index (χ3n) is 3.94. The van der Waals surface area contributed by atoms with E-state index in [1.165, 1.54) is 7.11 Å². The van der Waals surface area contributed by atoms with Gasteiger partial charge in [-0.2, -0.15) is 13.2 Å². The molecule has 0 fully saturated rings. The van der Waals surface area contributed by atoms with Crippen molar-refractivity contribution >= 4 is 20.9 Å². The van der Waals surface area contributed by atoms with E-state index in [0.717, 1.165) is 29.7 Å². The van der Waals surface area contributed by atoms with Crippen LogP contribution in [-0.4, -0.2) is 20.5 Å². The maximum absolute atomic E-state index is 12.6. The number of methoxy groups -OCH3 is 1. The van der Waals surface area contributed by atoms with E-state index in [1.807, 2.05) is 6.07 Å². The Morgan fingerprint density at radius 3 is 2.44 bits per heavy atom. The van der Waals surface area contributed by atoms with Gasteiger partial charge in [-0.15, -0.1) is 0 Å². The quantitative estimate of drug-likeness (QED) is 0.713. The van der Waals surface area contributed by atoms with Crippen LogP contribution in [-0.2, 0) is 22.7 Å². The summed E-state index contributed by atoms with van der Waals surface area (Å²) in [6.45, 7) is -0.0892. The first-order chi connectivity index (χ1) is 12.7. The van der Waals surface area contributed by atoms with E-state index < -0.39 is 21.8 Å². The van der Waals surface area contributed by atoms with Gasteiger partial charge >= 0.3 is 6.18 Å². The van der Waals surface area contributed by atoms with Crippen LogP contribution in [0.5, 0.6) is 5.75 Å². The Morgan fingerprint density at radius 1 is 1.11 bits per heavy atom. The largest absolute Gasteiger partial charge is 0.497 e. The van der Waals surface area contributed by atoms with Crippen molar-refractivity contribution in [3.05, 3.63) is 65.9 Å². The summed E-state index contributed by atoms with van der Waals surface area (Å²) in [4.78, 5) is 4.00. The molecule has 1 N–H and O–H groups in total. The van der Waals surface area contributed by atoms with Crippen LogP contribution >= 0.6 is 0 Å². The lowest BCUT2D eigenvalue weighted by molar-refractivity contribution is -0.137. The maximum Gasteiger partial charge on any atom is 0.416 e. The summed E-state index contributed by atoms with van der Waals surface area (Å²) in [5.41, 5.74) is 0.276. The summed E-state index contributed by atoms with van der Waals surface area (Å²) in [7, 11) is -2.50. The smallest absolute Gasteiger partial charge is 0.416 e. The van der Waals surface area contributed by atoms with Crippen molar-refractivity contribution < 1.29 is 26.3 Å². The summed E-state index contributed by atoms with van der Waals surface area (Å²) >= 11 is 0. The SMILES string of the molecule is COc1cc(CNS(=O)(=O)c2ccc(C(F)(F)F)cc2)c2ncccc2c1. The average molecular weight is 396 g/mol. The van der Waals surface area contributed by atoms with Gasteiger partial charge in [-0.3, -0.25) is 4.98 Å². The van der Waals surface area contributed by atoms with E-state index in [0.29, 0.717) is 16.8 Å². The Labute approximate surface area is 153 Å². The Bertz CT molecular complexity index is 1070. The van der Waals surface area contributed by atoms with Crippen molar-refractivity contribution in [3.8, 4) is 5.75 Å². The molecule has 0 aliphatic heterocycles. The third-order valence-corrected chi connectivity index (χ3v) is 5.35. The molecule has 5 nitrogen and oxygen atoms in total. The molecule has 1 heterocycles. The maximum atomic E-state index is 12.6. The minimum atomic E-state index is -4.53. The summed E-state index contributed by atoms with van der Waals surface area (Å²) in [5.74, 6) is 0.541. The highest BCUT2D eigenvalue weighted by Crippen LogP contribution is 2.30. The molecule has 0 spiro atoms. The molecule has 0 atom stereocenters. The van der Waals surface area contributed by atoms with Crippen LogP contribution in [0.4, 0.5) is 13.2 Å². The predicted molar refractivity (Wildman–Crippen MR) is 93.8 cm³/mol. The number of nitrogens with zero attached hydrogens (tertiary/aromatic N) is 1. The Hall–Kier alpha value is -2.65. The number of benzene rings is 2. The second kappa shape index (κ2) is 7.16. The summed E-state index contributed by atoms with van der Waals surface area (Å²) in [6.07, 6.45) is -2.94. The highest BCUT2D eigenvalue weighted by molar-refractivity contribution is 7.89. The molecule has 0 aliphatic rings. The number of sulfonamides is 1. The fourth-order valence-corrected chi connectivity index (χ4v) is 3.58. The molecule has 3 rings (SSSR count). The van der Waals surface area contributed by atoms with Crippen molar-refractivity contribution in [2.24, 2.45) is 0 Å². The summed E-state index contributed by atoms with van der Waals surface area (Å²) in [5, 5.41) is 0.778. The molecule has 142 valence electrons. The number of pyridine rings is 1. The van der Waals surface area contributed by atoms with Gasteiger partial charge in [0.2, 0.25) is 10.0 Å². The first kappa shape index (κ1) is 19.1. The summed E-state index contributed by atoms with van der Waals surface area (Å²) in [6, 6.07) is 10.3. The van der Waals surface area contributed by atoms with Gasteiger partial charge in [0.15, 0.2) is 0 Å². The van der Waals surface area contributed by atoms with Crippen LogP contribution in [0.15, 0.2) is 59.6 Å². The molecule has 9 heteroatoms. The van der Waals surface area contributed by atoms with E-state index in [1.54, 1.807) is 24.4 Å². The number of ether oxygens (including phenoxy) is 1. The fraction of sp³-hybridized carbons (Fsp3) is 0.167. The fourth-order valence-electron chi connectivity index (χ4n) is 2.57. The zero-order chi connectivity index (χ0) is 19.7. The van der Waals surface area contributed by atoms with Crippen molar-refractivity contribution in [2.45, 2.75) is 17.6 Å². The Kier molecular flexibility index (Phi) is 5.07. The molecule has 27 heavy (non-hydrogen) atoms. The lowest BCUT2D eigenvalue weighted by Crippen LogP contribution is -2.23. The van der Waals surface area contributed by atoms with Gasteiger partial charge in [-0.1, -0.05) is 6.07 Å². The van der Waals surface area contributed by atoms with Gasteiger partial charge in [-0.05, 0) is 48.0 Å². The number of hydrogen-bond donors (Lipinski definition) is 1. The zero-order valence-electron chi connectivity index (χ0n) is 14.1. The van der Waals surface area contributed by atoms with Crippen LogP contribution < -0.4 is 9.46 Å². The summed E-state index contributed by atoms with van der Waals surface area (Å²) < 4.78 is 70.3. The lowest BCUT2D eigenvalue weighted by atomic mass is 10.1. The minimum absolute atomic E-state index is 0.0892. The van der Waals surface area contributed by atoms with Gasteiger partial charge in [0.25, 0.3) is 0 Å². The Morgan fingerprint density at radius 2 is 1.81 bits per heavy atom. The zero-order valence-corrected chi connectivity index (χ0v) is 14.9. The molecular formula is C18H15F3N2O3S. The second-order valence-corrected chi connectivity index (χ2v) is 7.48. The molecule has 0 saturated heterocycles. The highest BCUT2D eigenvalue weighted by Gasteiger charge is 2.30. The standard InChI is InChI=1S/C18H15F3N2O3S/c1-26-15-9-12-3-2-8-22-17(12)13(10-15)11-23-27(24,25)16-6-4-14(5-7-16)18(19,20)21/h2-10,23H,11H2,1H3. The molecule has 1 aromatic heterocycles. The van der Waals surface area contributed by atoms with Gasteiger partial charge in [0.1, 0.15) is 5.75 Å². The van der Waals surface area contributed by atoms with E-state index in [-0.39, 0.29) is 11.4 Å². The van der Waals surface area contributed by atoms with Gasteiger partial charge in [-0.25, -0.2) is 13.1 Å². The molecule has 3 aromatic rings. The third kappa shape index (κ3) is 4.20. The molecule has 0 radical (unpaired) electrons. The molecule has 0 bridgehead atoms. The predicted octanol–water partition coefficient (Wildman–Crippen LogP) is 3.74. The molecule has 0 unspecified atom stereocenters. The minimum Gasteiger partial charge on any atom is -0.497 e. The first-order valence-corrected chi connectivity index (χ1v) is 9.27. The van der Waals surface area contributed by atoms with Gasteiger partial charge < -0.3 is 4.74 Å². The molecule has 0 aliphatic carbocycles. The number of halogens is 3. The highest BCUT2D eigenvalue weighted by atomic mass is 32.2. The lowest BCUT2D eigenvalue weighted by Gasteiger charge is -2.11. The van der Waals surface area contributed by atoms with Crippen LogP contribution in [0.1, 0.15) is 11.1 Å². The second-order valence-electron chi connectivity index (χ2n) is 5.71. The van der Waals surface area contributed by atoms with Crippen LogP contribution in [0, 0.1) is 0 Å². The van der Waals surface area contributed by atoms with E-state index in [9.17, 15) is 21.6 Å². The molecular weight excluding hydrogens is 381 g/mol. The average Bonchev–Trinajstić information content (AvgIpc) is 2.65. The number of nitrogens with one attached hydrogen (secondary N) is 1. The Balaban J connectivity index is 1.86. The van der Waals surface area contributed by atoms with E-state index in [2.05, 4.69) is 9.71 Å². The van der Waals surface area contributed by atoms with Crippen LogP contribution in [0.3, 0.4) is 0 Å². The number of hydrogen-bond acceptors (Lipinski definition) is 4. The number of aromatic nitrogens is 1. The number of fused-ring (bicyclic) bond motifs is 1. The van der Waals surface area contributed by atoms with Crippen molar-refractivity contribution in [3.63, 3.8) is 0 Å². The normalized spacial score (nSPS) is 12.3. The van der Waals surface area contributed by atoms with Crippen LogP contribution in [0.2, 0.25) is 0 Å². The monoisotopic (exact) mass is 396 g/mol. The van der Waals surface area contributed by atoms with E-state index >= 15 is 0 Å². The van der Waals surface area contributed by atoms with E-state index in [4.69, 9.17) is 4.74 Å². The molecule has 0 amide bonds. The van der Waals surface area contributed by atoms with Crippen LogP contribution in [0.25, 0.3) is 10.9 Å².